The summed E-state index contributed by atoms with van der Waals surface area (Å²) in [6.45, 7) is 0. The molecule has 0 radical (unpaired) electrons. The van der Waals surface area contributed by atoms with Gasteiger partial charge in [-0.1, -0.05) is 0 Å². The molecule has 0 saturated heterocycles. The third-order valence-electron chi connectivity index (χ3n) is 2.53. The van der Waals surface area contributed by atoms with Gasteiger partial charge >= 0.3 is 0 Å². The van der Waals surface area contributed by atoms with Crippen LogP contribution in [-0.2, 0) is 0 Å². The molecule has 0 saturated carbocycles. The van der Waals surface area contributed by atoms with Crippen molar-refractivity contribution >= 4 is 0 Å². The Kier molecular flexibility index (Phi) is 3.57. The quantitative estimate of drug-likeness (QED) is 0.838. The van der Waals surface area contributed by atoms with E-state index in [1.807, 2.05) is 6.07 Å². The fraction of sp³-hybridized carbons (Fsp3) is 0.231. The normalized spacial score (nSPS) is 9.79. The molecule has 1 heterocycles. The predicted octanol–water partition coefficient (Wildman–Crippen LogP) is 2.24. The minimum atomic E-state index is 0.212. The van der Waals surface area contributed by atoms with Crippen molar-refractivity contribution in [1.82, 2.24) is 4.98 Å². The maximum atomic E-state index is 8.74. The van der Waals surface area contributed by atoms with Crippen LogP contribution in [0.3, 0.4) is 0 Å². The predicted molar refractivity (Wildman–Crippen MR) is 66.3 cm³/mol. The molecule has 0 amide bonds. The molecule has 0 N–H and O–H groups in total. The number of benzene rings is 1. The molecule has 0 aliphatic rings. The van der Waals surface area contributed by atoms with Gasteiger partial charge in [0, 0.05) is 5.56 Å². The van der Waals surface area contributed by atoms with Gasteiger partial charge in [0.1, 0.15) is 12.3 Å². The van der Waals surface area contributed by atoms with Gasteiger partial charge in [-0.15, -0.1) is 0 Å². The zero-order valence-corrected chi connectivity index (χ0v) is 10.8. The lowest BCUT2D eigenvalue weighted by atomic mass is 10.2. The van der Waals surface area contributed by atoms with E-state index >= 15 is 0 Å². The van der Waals surface area contributed by atoms with E-state index in [1.165, 1.54) is 27.6 Å². The van der Waals surface area contributed by atoms with E-state index in [2.05, 4.69) is 4.98 Å². The summed E-state index contributed by atoms with van der Waals surface area (Å²) in [5.41, 5.74) is 0.847. The Bertz CT molecular complexity index is 603. The first-order chi connectivity index (χ1) is 9.23. The number of methoxy groups -OCH3 is 3. The molecule has 0 aliphatic heterocycles. The van der Waals surface area contributed by atoms with Crippen LogP contribution in [0.5, 0.6) is 17.2 Å². The summed E-state index contributed by atoms with van der Waals surface area (Å²) in [6, 6.07) is 5.31. The maximum absolute atomic E-state index is 8.74. The number of hydrogen-bond donors (Lipinski definition) is 0. The lowest BCUT2D eigenvalue weighted by Gasteiger charge is -2.12. The van der Waals surface area contributed by atoms with Gasteiger partial charge in [0.05, 0.1) is 21.3 Å². The average Bonchev–Trinajstić information content (AvgIpc) is 2.94. The highest BCUT2D eigenvalue weighted by atomic mass is 16.5. The Morgan fingerprint density at radius 1 is 1.11 bits per heavy atom. The lowest BCUT2D eigenvalue weighted by molar-refractivity contribution is 0.324. The third-order valence-corrected chi connectivity index (χ3v) is 2.53. The molecule has 2 rings (SSSR count). The molecule has 0 aliphatic carbocycles. The summed E-state index contributed by atoms with van der Waals surface area (Å²) in [4.78, 5) is 4.03. The molecule has 98 valence electrons. The van der Waals surface area contributed by atoms with E-state index in [9.17, 15) is 0 Å². The summed E-state index contributed by atoms with van der Waals surface area (Å²) in [5, 5.41) is 8.74. The van der Waals surface area contributed by atoms with Gasteiger partial charge in [-0.3, -0.25) is 0 Å². The van der Waals surface area contributed by atoms with Crippen LogP contribution in [0.25, 0.3) is 11.5 Å². The minimum Gasteiger partial charge on any atom is -0.493 e. The van der Waals surface area contributed by atoms with Crippen molar-refractivity contribution in [2.45, 2.75) is 0 Å². The smallest absolute Gasteiger partial charge is 0.227 e. The third kappa shape index (κ3) is 2.31. The van der Waals surface area contributed by atoms with Crippen molar-refractivity contribution in [2.75, 3.05) is 21.3 Å². The second-order valence-corrected chi connectivity index (χ2v) is 3.56. The zero-order valence-electron chi connectivity index (χ0n) is 10.8. The highest BCUT2D eigenvalue weighted by Crippen LogP contribution is 2.40. The molecule has 6 heteroatoms. The lowest BCUT2D eigenvalue weighted by Crippen LogP contribution is -1.95. The second kappa shape index (κ2) is 5.31. The molecule has 2 aromatic rings. The topological polar surface area (TPSA) is 77.5 Å². The molecular formula is C13H12N2O4. The summed E-state index contributed by atoms with van der Waals surface area (Å²) in [5.74, 6) is 1.79. The molecule has 6 nitrogen and oxygen atoms in total. The number of ether oxygens (including phenoxy) is 3. The van der Waals surface area contributed by atoms with E-state index in [0.717, 1.165) is 0 Å². The van der Waals surface area contributed by atoms with E-state index in [4.69, 9.17) is 23.9 Å². The van der Waals surface area contributed by atoms with Gasteiger partial charge in [-0.25, -0.2) is 0 Å². The van der Waals surface area contributed by atoms with Crippen molar-refractivity contribution in [1.29, 1.82) is 5.26 Å². The van der Waals surface area contributed by atoms with Crippen LogP contribution in [0.1, 0.15) is 5.69 Å². The summed E-state index contributed by atoms with van der Waals surface area (Å²) in [6.07, 6.45) is 1.29. The number of oxazole rings is 1. The fourth-order valence-electron chi connectivity index (χ4n) is 1.66. The standard InChI is InChI=1S/C13H12N2O4/c1-16-10-4-8(5-11(17-2)12(10)18-3)13-15-9(6-14)7-19-13/h4-5,7H,1-3H3. The van der Waals surface area contributed by atoms with E-state index in [0.29, 0.717) is 28.7 Å². The number of rotatable bonds is 4. The molecule has 0 bridgehead atoms. The molecule has 1 aromatic heterocycles. The Hall–Kier alpha value is -2.68. The van der Waals surface area contributed by atoms with Gasteiger partial charge < -0.3 is 18.6 Å². The van der Waals surface area contributed by atoms with Gasteiger partial charge in [0.25, 0.3) is 0 Å². The minimum absolute atomic E-state index is 0.212. The molecule has 0 atom stereocenters. The van der Waals surface area contributed by atoms with E-state index in [1.54, 1.807) is 12.1 Å². The first-order valence-electron chi connectivity index (χ1n) is 5.39. The van der Waals surface area contributed by atoms with Crippen molar-refractivity contribution < 1.29 is 18.6 Å². The summed E-state index contributed by atoms with van der Waals surface area (Å²) >= 11 is 0. The Balaban J connectivity index is 2.55. The highest BCUT2D eigenvalue weighted by molar-refractivity contribution is 5.66. The highest BCUT2D eigenvalue weighted by Gasteiger charge is 2.16. The van der Waals surface area contributed by atoms with Crippen LogP contribution in [0.4, 0.5) is 0 Å². The van der Waals surface area contributed by atoms with Crippen LogP contribution < -0.4 is 14.2 Å². The molecule has 19 heavy (non-hydrogen) atoms. The largest absolute Gasteiger partial charge is 0.493 e. The number of nitrogens with zero attached hydrogens (tertiary/aromatic N) is 2. The first kappa shape index (κ1) is 12.8. The van der Waals surface area contributed by atoms with E-state index in [-0.39, 0.29) is 5.69 Å². The van der Waals surface area contributed by atoms with Crippen molar-refractivity contribution in [3.8, 4) is 34.8 Å². The number of aromatic nitrogens is 1. The van der Waals surface area contributed by atoms with Crippen molar-refractivity contribution in [2.24, 2.45) is 0 Å². The van der Waals surface area contributed by atoms with Crippen molar-refractivity contribution in [3.05, 3.63) is 24.1 Å². The molecule has 0 spiro atoms. The van der Waals surface area contributed by atoms with Gasteiger partial charge in [0.2, 0.25) is 11.6 Å². The average molecular weight is 260 g/mol. The van der Waals surface area contributed by atoms with Crippen molar-refractivity contribution in [3.63, 3.8) is 0 Å². The Morgan fingerprint density at radius 3 is 2.16 bits per heavy atom. The first-order valence-corrected chi connectivity index (χ1v) is 5.39. The fourth-order valence-corrected chi connectivity index (χ4v) is 1.66. The Morgan fingerprint density at radius 2 is 1.74 bits per heavy atom. The molecular weight excluding hydrogens is 248 g/mol. The molecule has 1 aromatic carbocycles. The summed E-state index contributed by atoms with van der Waals surface area (Å²) < 4.78 is 20.9. The van der Waals surface area contributed by atoms with E-state index < -0.39 is 0 Å². The number of nitriles is 1. The Labute approximate surface area is 110 Å². The van der Waals surface area contributed by atoms with Gasteiger partial charge in [0.15, 0.2) is 17.2 Å². The van der Waals surface area contributed by atoms with Crippen LogP contribution >= 0.6 is 0 Å². The monoisotopic (exact) mass is 260 g/mol. The van der Waals surface area contributed by atoms with Crippen LogP contribution in [0, 0.1) is 11.3 Å². The molecule has 0 fully saturated rings. The molecule has 0 unspecified atom stereocenters. The van der Waals surface area contributed by atoms with Crippen LogP contribution in [0.15, 0.2) is 22.8 Å². The zero-order chi connectivity index (χ0) is 13.8. The maximum Gasteiger partial charge on any atom is 0.227 e. The van der Waals surface area contributed by atoms with Gasteiger partial charge in [-0.2, -0.15) is 10.2 Å². The van der Waals surface area contributed by atoms with Crippen LogP contribution in [-0.4, -0.2) is 26.3 Å². The van der Waals surface area contributed by atoms with Gasteiger partial charge in [-0.05, 0) is 12.1 Å². The SMILES string of the molecule is COc1cc(-c2nc(C#N)co2)cc(OC)c1OC. The van der Waals surface area contributed by atoms with Crippen LogP contribution in [0.2, 0.25) is 0 Å². The second-order valence-electron chi connectivity index (χ2n) is 3.56. The summed E-state index contributed by atoms with van der Waals surface area (Å²) in [7, 11) is 4.58. The number of hydrogen-bond acceptors (Lipinski definition) is 6.